The van der Waals surface area contributed by atoms with E-state index in [1.54, 1.807) is 12.1 Å². The first kappa shape index (κ1) is 31.6. The van der Waals surface area contributed by atoms with Crippen LogP contribution in [0.5, 0.6) is 0 Å². The summed E-state index contributed by atoms with van der Waals surface area (Å²) >= 11 is 0. The van der Waals surface area contributed by atoms with Gasteiger partial charge >= 0.3 is 0 Å². The molecule has 1 N–H and O–H groups in total. The number of hydroxylamine groups is 1. The number of aliphatic imine (C=N–C) groups is 1. The Labute approximate surface area is 239 Å². The molecule has 0 saturated carbocycles. The Morgan fingerprint density at radius 2 is 1.73 bits per heavy atom. The van der Waals surface area contributed by atoms with Crippen LogP contribution in [0.2, 0.25) is 0 Å². The van der Waals surface area contributed by atoms with Gasteiger partial charge in [-0.25, -0.2) is 8.78 Å². The normalized spacial score (nSPS) is 17.8. The minimum atomic E-state index is -0.720. The molecule has 1 aliphatic rings. The number of rotatable bonds is 14. The van der Waals surface area contributed by atoms with Crippen LogP contribution in [0.25, 0.3) is 0 Å². The number of allylic oxidation sites excluding steroid dienone is 1. The molecule has 3 rings (SSSR count). The van der Waals surface area contributed by atoms with Crippen molar-refractivity contribution in [3.8, 4) is 0 Å². The van der Waals surface area contributed by atoms with Crippen LogP contribution in [0.4, 0.5) is 14.5 Å². The molecule has 8 nitrogen and oxygen atoms in total. The smallest absolute Gasteiger partial charge is 0.286 e. The maximum atomic E-state index is 13.5. The van der Waals surface area contributed by atoms with Gasteiger partial charge in [-0.3, -0.25) is 24.3 Å². The second-order valence-corrected chi connectivity index (χ2v) is 10.2. The van der Waals surface area contributed by atoms with Gasteiger partial charge in [0.1, 0.15) is 17.5 Å². The Balaban J connectivity index is 1.77. The molecule has 41 heavy (non-hydrogen) atoms. The number of unbranched alkanes of at least 4 members (excludes halogenated alkanes) is 1. The van der Waals surface area contributed by atoms with Crippen LogP contribution < -0.4 is 10.4 Å². The lowest BCUT2D eigenvalue weighted by atomic mass is 9.97. The molecule has 10 heteroatoms. The standard InChI is InChI=1S/C31H36F2N4O4/c1-22(2)7-10-24(29-20-28(41-36-29)19-23-8-11-25(32)12-9-23)17-18-34-30(5-3-4-6-31(39)35-40)37(21-38)27-15-13-26(33)14-16-27/h7-17,21-22,28-29,36H,3-6,18-20H2,1-2H3/b10-7-,24-17+,34-30-. The highest BCUT2D eigenvalue weighted by molar-refractivity contribution is 6.09. The first-order chi connectivity index (χ1) is 19.8. The van der Waals surface area contributed by atoms with Crippen molar-refractivity contribution in [2.75, 3.05) is 11.4 Å². The zero-order valence-electron chi connectivity index (χ0n) is 23.3. The monoisotopic (exact) mass is 566 g/mol. The number of amides is 2. The van der Waals surface area contributed by atoms with Crippen LogP contribution in [0.1, 0.15) is 51.5 Å². The van der Waals surface area contributed by atoms with Gasteiger partial charge in [0.15, 0.2) is 0 Å². The molecule has 2 aromatic carbocycles. The quantitative estimate of drug-likeness (QED) is 0.0731. The molecule has 2 aromatic rings. The number of halogens is 2. The third-order valence-electron chi connectivity index (χ3n) is 6.56. The molecular formula is C31H36F2N4O4. The number of anilines is 1. The van der Waals surface area contributed by atoms with Gasteiger partial charge < -0.3 is 0 Å². The van der Waals surface area contributed by atoms with Crippen molar-refractivity contribution in [1.82, 2.24) is 5.48 Å². The molecular weight excluding hydrogens is 530 g/mol. The maximum Gasteiger partial charge on any atom is 0.286 e. The third-order valence-corrected chi connectivity index (χ3v) is 6.56. The third kappa shape index (κ3) is 10.5. The highest BCUT2D eigenvalue weighted by atomic mass is 19.1. The van der Waals surface area contributed by atoms with Gasteiger partial charge in [-0.05, 0) is 72.7 Å². The molecule has 0 bridgehead atoms. The van der Waals surface area contributed by atoms with Crippen LogP contribution in [0, 0.1) is 22.5 Å². The summed E-state index contributed by atoms with van der Waals surface area (Å²) in [6, 6.07) is 11.8. The zero-order valence-corrected chi connectivity index (χ0v) is 23.3. The number of carbonyl (C=O) groups is 2. The summed E-state index contributed by atoms with van der Waals surface area (Å²) < 4.78 is 26.8. The fraction of sp³-hybridized carbons (Fsp3) is 0.387. The summed E-state index contributed by atoms with van der Waals surface area (Å²) in [6.45, 7) is 4.42. The van der Waals surface area contributed by atoms with Crippen molar-refractivity contribution in [2.24, 2.45) is 16.1 Å². The molecule has 2 atom stereocenters. The van der Waals surface area contributed by atoms with Gasteiger partial charge in [-0.1, -0.05) is 44.2 Å². The van der Waals surface area contributed by atoms with E-state index >= 15 is 0 Å². The van der Waals surface area contributed by atoms with Gasteiger partial charge in [-0.2, -0.15) is 5.48 Å². The molecule has 1 fully saturated rings. The van der Waals surface area contributed by atoms with E-state index in [0.29, 0.717) is 56.0 Å². The van der Waals surface area contributed by atoms with E-state index in [4.69, 9.17) is 9.83 Å². The SMILES string of the molecule is CC(C)/C=C\C(=C/C/N=C(/CCCCC(=O)N=O)N(C=O)c1ccc(F)cc1)C1CC(Cc2ccc(F)cc2)ON1. The van der Waals surface area contributed by atoms with Gasteiger partial charge in [0.25, 0.3) is 5.91 Å². The highest BCUT2D eigenvalue weighted by Crippen LogP contribution is 2.23. The topological polar surface area (TPSA) is 100 Å². The molecule has 1 saturated heterocycles. The Morgan fingerprint density at radius 1 is 1.07 bits per heavy atom. The van der Waals surface area contributed by atoms with Crippen LogP contribution in [0.15, 0.2) is 82.5 Å². The van der Waals surface area contributed by atoms with E-state index < -0.39 is 11.7 Å². The largest absolute Gasteiger partial charge is 0.297 e. The summed E-state index contributed by atoms with van der Waals surface area (Å²) in [5.41, 5.74) is 5.54. The molecule has 1 heterocycles. The summed E-state index contributed by atoms with van der Waals surface area (Å²) in [7, 11) is 0. The fourth-order valence-corrected chi connectivity index (χ4v) is 4.39. The number of nitrogens with one attached hydrogen (secondary N) is 1. The van der Waals surface area contributed by atoms with E-state index in [-0.39, 0.29) is 30.9 Å². The highest BCUT2D eigenvalue weighted by Gasteiger charge is 2.27. The second kappa shape index (κ2) is 16.4. The summed E-state index contributed by atoms with van der Waals surface area (Å²) in [4.78, 5) is 45.6. The lowest BCUT2D eigenvalue weighted by Crippen LogP contribution is -2.30. The average molecular weight is 567 g/mol. The number of benzene rings is 2. The van der Waals surface area contributed by atoms with Crippen molar-refractivity contribution in [1.29, 1.82) is 0 Å². The molecule has 218 valence electrons. The van der Waals surface area contributed by atoms with E-state index in [9.17, 15) is 23.3 Å². The lowest BCUT2D eigenvalue weighted by molar-refractivity contribution is -0.118. The molecule has 0 aromatic heterocycles. The Kier molecular flexibility index (Phi) is 12.6. The van der Waals surface area contributed by atoms with Gasteiger partial charge in [0.05, 0.1) is 18.7 Å². The number of carbonyl (C=O) groups excluding carboxylic acids is 2. The Morgan fingerprint density at radius 3 is 2.37 bits per heavy atom. The zero-order chi connectivity index (χ0) is 29.6. The minimum Gasteiger partial charge on any atom is -0.297 e. The van der Waals surface area contributed by atoms with Crippen LogP contribution in [-0.2, 0) is 20.8 Å². The summed E-state index contributed by atoms with van der Waals surface area (Å²) in [5.74, 6) is -0.650. The van der Waals surface area contributed by atoms with Crippen LogP contribution >= 0.6 is 0 Å². The lowest BCUT2D eigenvalue weighted by Gasteiger charge is -2.20. The number of nitroso groups, excluding NO2 is 1. The van der Waals surface area contributed by atoms with Crippen LogP contribution in [0.3, 0.4) is 0 Å². The van der Waals surface area contributed by atoms with E-state index in [1.165, 1.54) is 41.3 Å². The summed E-state index contributed by atoms with van der Waals surface area (Å²) in [6.07, 6.45) is 9.26. The molecule has 1 aliphatic heterocycles. The molecule has 0 spiro atoms. The van der Waals surface area contributed by atoms with Gasteiger partial charge in [0, 0.05) is 30.1 Å². The predicted molar refractivity (Wildman–Crippen MR) is 155 cm³/mol. The van der Waals surface area contributed by atoms with Crippen molar-refractivity contribution < 1.29 is 23.2 Å². The average Bonchev–Trinajstić information content (AvgIpc) is 3.42. The fourth-order valence-electron chi connectivity index (χ4n) is 4.39. The first-order valence-corrected chi connectivity index (χ1v) is 13.7. The van der Waals surface area contributed by atoms with E-state index in [1.807, 2.05) is 12.2 Å². The predicted octanol–water partition coefficient (Wildman–Crippen LogP) is 6.22. The maximum absolute atomic E-state index is 13.5. The number of hydrogen-bond donors (Lipinski definition) is 1. The molecule has 0 radical (unpaired) electrons. The van der Waals surface area contributed by atoms with Crippen molar-refractivity contribution in [3.05, 3.63) is 94.4 Å². The number of amidine groups is 1. The van der Waals surface area contributed by atoms with Gasteiger partial charge in [-0.15, -0.1) is 4.91 Å². The summed E-state index contributed by atoms with van der Waals surface area (Å²) in [5, 5.41) is 2.41. The van der Waals surface area contributed by atoms with E-state index in [2.05, 4.69) is 30.6 Å². The van der Waals surface area contributed by atoms with Crippen LogP contribution in [-0.4, -0.2) is 36.8 Å². The molecule has 2 unspecified atom stereocenters. The van der Waals surface area contributed by atoms with E-state index in [0.717, 1.165) is 11.1 Å². The Hall–Kier alpha value is -3.89. The molecule has 0 aliphatic carbocycles. The Bertz CT molecular complexity index is 1240. The van der Waals surface area contributed by atoms with Crippen molar-refractivity contribution in [2.45, 2.75) is 64.5 Å². The van der Waals surface area contributed by atoms with Crippen molar-refractivity contribution >= 4 is 23.8 Å². The van der Waals surface area contributed by atoms with Crippen molar-refractivity contribution in [3.63, 3.8) is 0 Å². The minimum absolute atomic E-state index is 0.0188. The number of nitrogens with zero attached hydrogens (tertiary/aromatic N) is 3. The van der Waals surface area contributed by atoms with Gasteiger partial charge in [0.2, 0.25) is 6.41 Å². The second-order valence-electron chi connectivity index (χ2n) is 10.2. The first-order valence-electron chi connectivity index (χ1n) is 13.7. The molecule has 2 amide bonds. The number of hydrogen-bond acceptors (Lipinski definition) is 6.